The van der Waals surface area contributed by atoms with Gasteiger partial charge in [-0.25, -0.2) is 9.59 Å². The van der Waals surface area contributed by atoms with Crippen molar-refractivity contribution >= 4 is 33.7 Å². The summed E-state index contributed by atoms with van der Waals surface area (Å²) in [6.45, 7) is 6.92. The Balaban J connectivity index is 0.00000172. The largest absolute Gasteiger partial charge is 0.422 e. The Labute approximate surface area is 228 Å². The molecule has 3 aromatic carbocycles. The average Bonchev–Trinajstić information content (AvgIpc) is 3.58. The Morgan fingerprint density at radius 3 is 1.74 bits per heavy atom. The molecule has 0 saturated heterocycles. The number of hydrogen-bond donors (Lipinski definition) is 2. The van der Waals surface area contributed by atoms with Crippen LogP contribution in [0.3, 0.4) is 0 Å². The number of ether oxygens (including phenoxy) is 2. The third-order valence-electron chi connectivity index (χ3n) is 6.45. The van der Waals surface area contributed by atoms with Gasteiger partial charge >= 0.3 is 11.9 Å². The van der Waals surface area contributed by atoms with Crippen LogP contribution < -0.4 is 9.47 Å². The lowest BCUT2D eigenvalue weighted by Gasteiger charge is -2.11. The number of carbonyl (C=O) groups is 2. The number of hydrogen-bond acceptors (Lipinski definition) is 5. The quantitative estimate of drug-likeness (QED) is 0.172. The molecule has 0 aliphatic rings. The van der Waals surface area contributed by atoms with Gasteiger partial charge < -0.3 is 24.3 Å². The molecule has 0 aliphatic carbocycles. The molecule has 0 spiro atoms. The minimum absolute atomic E-state index is 0.269. The number of carbonyl (C=O) groups excluding carboxylic acids is 2. The molecule has 7 nitrogen and oxygen atoms in total. The van der Waals surface area contributed by atoms with E-state index in [0.29, 0.717) is 11.5 Å². The second-order valence-corrected chi connectivity index (χ2v) is 9.25. The van der Waals surface area contributed by atoms with Gasteiger partial charge in [0.25, 0.3) is 0 Å². The number of nitrogens with one attached hydrogen (secondary N) is 2. The van der Waals surface area contributed by atoms with Gasteiger partial charge in [-0.1, -0.05) is 39.0 Å². The molecular formula is C32H35N3O4. The second kappa shape index (κ2) is 12.5. The zero-order valence-electron chi connectivity index (χ0n) is 23.1. The molecule has 2 aromatic heterocycles. The van der Waals surface area contributed by atoms with Gasteiger partial charge in [0.15, 0.2) is 0 Å². The number of fused-ring (bicyclic) bond motifs is 2. The van der Waals surface area contributed by atoms with E-state index in [1.165, 1.54) is 6.07 Å². The van der Waals surface area contributed by atoms with E-state index in [1.54, 1.807) is 30.3 Å². The Morgan fingerprint density at radius 2 is 1.23 bits per heavy atom. The maximum Gasteiger partial charge on any atom is 0.343 e. The van der Waals surface area contributed by atoms with Gasteiger partial charge in [-0.3, -0.25) is 0 Å². The fourth-order valence-electron chi connectivity index (χ4n) is 4.52. The molecule has 0 aliphatic heterocycles. The summed E-state index contributed by atoms with van der Waals surface area (Å²) in [6, 6.07) is 17.6. The number of aromatic amines is 2. The van der Waals surface area contributed by atoms with Crippen LogP contribution in [0.1, 0.15) is 52.6 Å². The van der Waals surface area contributed by atoms with E-state index in [9.17, 15) is 9.59 Å². The summed E-state index contributed by atoms with van der Waals surface area (Å²) in [6.07, 6.45) is 5.50. The Bertz CT molecular complexity index is 1600. The highest BCUT2D eigenvalue weighted by molar-refractivity contribution is 6.00. The van der Waals surface area contributed by atoms with E-state index in [-0.39, 0.29) is 11.1 Å². The first kappa shape index (κ1) is 27.7. The Hall–Kier alpha value is -4.36. The van der Waals surface area contributed by atoms with Crippen LogP contribution >= 0.6 is 0 Å². The van der Waals surface area contributed by atoms with Crippen molar-refractivity contribution in [1.82, 2.24) is 14.9 Å². The SMILES string of the molecule is CC.CCc1c[nH]c2cccc(OC(=O)c3cccc(C(=O)Oc4cccc5[nH]cc(CCN(C)C)c45)c3)c12. The minimum atomic E-state index is -0.539. The van der Waals surface area contributed by atoms with Crippen LogP contribution in [0.5, 0.6) is 11.5 Å². The normalized spacial score (nSPS) is 10.9. The third kappa shape index (κ3) is 6.04. The molecule has 0 unspecified atom stereocenters. The van der Waals surface area contributed by atoms with Crippen molar-refractivity contribution in [2.45, 2.75) is 33.6 Å². The summed E-state index contributed by atoms with van der Waals surface area (Å²) in [5, 5.41) is 1.78. The van der Waals surface area contributed by atoms with Crippen molar-refractivity contribution in [3.05, 3.63) is 95.3 Å². The van der Waals surface area contributed by atoms with Crippen LogP contribution in [0.15, 0.2) is 73.1 Å². The van der Waals surface area contributed by atoms with Gasteiger partial charge in [-0.15, -0.1) is 0 Å². The molecule has 0 bridgehead atoms. The Kier molecular flexibility index (Phi) is 8.84. The maximum absolute atomic E-state index is 13.1. The van der Waals surface area contributed by atoms with Crippen LogP contribution in [0.4, 0.5) is 0 Å². The molecule has 0 saturated carbocycles. The molecule has 39 heavy (non-hydrogen) atoms. The van der Waals surface area contributed by atoms with E-state index < -0.39 is 11.9 Å². The van der Waals surface area contributed by atoms with Crippen LogP contribution in [-0.2, 0) is 12.8 Å². The number of benzene rings is 3. The fourth-order valence-corrected chi connectivity index (χ4v) is 4.52. The van der Waals surface area contributed by atoms with Crippen LogP contribution in [0, 0.1) is 0 Å². The van der Waals surface area contributed by atoms with Crippen LogP contribution in [0.25, 0.3) is 21.8 Å². The molecule has 0 fully saturated rings. The first-order valence-corrected chi connectivity index (χ1v) is 13.3. The van der Waals surface area contributed by atoms with Crippen molar-refractivity contribution in [3.63, 3.8) is 0 Å². The molecule has 0 radical (unpaired) electrons. The summed E-state index contributed by atoms with van der Waals surface area (Å²) < 4.78 is 11.6. The zero-order chi connectivity index (χ0) is 27.9. The highest BCUT2D eigenvalue weighted by Crippen LogP contribution is 2.31. The smallest absolute Gasteiger partial charge is 0.343 e. The van der Waals surface area contributed by atoms with Crippen LogP contribution in [-0.4, -0.2) is 47.4 Å². The summed E-state index contributed by atoms with van der Waals surface area (Å²) >= 11 is 0. The summed E-state index contributed by atoms with van der Waals surface area (Å²) in [5.74, 6) is -0.110. The standard InChI is InChI=1S/C30H29N3O4.C2H6/c1-4-19-17-31-23-10-6-12-25(27(19)23)36-29(34)20-8-5-9-21(16-20)30(35)37-26-13-7-11-24-28(26)22(18-32-24)14-15-33(2)3;1-2/h5-13,16-18,31-32H,4,14-15H2,1-3H3;1-2H3. The van der Waals surface area contributed by atoms with Crippen molar-refractivity contribution in [1.29, 1.82) is 0 Å². The molecule has 2 heterocycles. The molecule has 7 heteroatoms. The molecule has 5 rings (SSSR count). The van der Waals surface area contributed by atoms with E-state index in [2.05, 4.69) is 21.8 Å². The second-order valence-electron chi connectivity index (χ2n) is 9.25. The first-order valence-electron chi connectivity index (χ1n) is 13.3. The zero-order valence-corrected chi connectivity index (χ0v) is 23.1. The minimum Gasteiger partial charge on any atom is -0.422 e. The summed E-state index contributed by atoms with van der Waals surface area (Å²) in [5.41, 5.74) is 4.50. The lowest BCUT2D eigenvalue weighted by molar-refractivity contribution is 0.0737. The van der Waals surface area contributed by atoms with Crippen molar-refractivity contribution in [2.24, 2.45) is 0 Å². The molecular weight excluding hydrogens is 490 g/mol. The molecule has 2 N–H and O–H groups in total. The van der Waals surface area contributed by atoms with E-state index in [4.69, 9.17) is 9.47 Å². The lowest BCUT2D eigenvalue weighted by Crippen LogP contribution is -2.15. The van der Waals surface area contributed by atoms with Gasteiger partial charge in [0, 0.05) is 40.7 Å². The van der Waals surface area contributed by atoms with E-state index in [1.807, 2.05) is 64.6 Å². The monoisotopic (exact) mass is 525 g/mol. The summed E-state index contributed by atoms with van der Waals surface area (Å²) in [7, 11) is 4.05. The number of esters is 2. The summed E-state index contributed by atoms with van der Waals surface area (Å²) in [4.78, 5) is 34.7. The lowest BCUT2D eigenvalue weighted by atomic mass is 10.1. The van der Waals surface area contributed by atoms with Crippen molar-refractivity contribution < 1.29 is 19.1 Å². The van der Waals surface area contributed by atoms with E-state index >= 15 is 0 Å². The maximum atomic E-state index is 13.1. The number of nitrogens with zero attached hydrogens (tertiary/aromatic N) is 1. The number of H-pyrrole nitrogens is 2. The van der Waals surface area contributed by atoms with Gasteiger partial charge in [-0.2, -0.15) is 0 Å². The first-order chi connectivity index (χ1) is 18.9. The number of likely N-dealkylation sites (N-methyl/N-ethyl adjacent to an activating group) is 1. The van der Waals surface area contributed by atoms with Crippen molar-refractivity contribution in [3.8, 4) is 11.5 Å². The molecule has 5 aromatic rings. The topological polar surface area (TPSA) is 87.4 Å². The average molecular weight is 526 g/mol. The third-order valence-corrected chi connectivity index (χ3v) is 6.45. The molecule has 202 valence electrons. The highest BCUT2D eigenvalue weighted by atomic mass is 16.5. The predicted molar refractivity (Wildman–Crippen MR) is 156 cm³/mol. The van der Waals surface area contributed by atoms with Crippen LogP contribution in [0.2, 0.25) is 0 Å². The highest BCUT2D eigenvalue weighted by Gasteiger charge is 2.18. The van der Waals surface area contributed by atoms with Crippen molar-refractivity contribution in [2.75, 3.05) is 20.6 Å². The molecule has 0 atom stereocenters. The number of aromatic nitrogens is 2. The number of aryl methyl sites for hydroxylation is 1. The van der Waals surface area contributed by atoms with Gasteiger partial charge in [0.1, 0.15) is 11.5 Å². The number of rotatable bonds is 8. The van der Waals surface area contributed by atoms with E-state index in [0.717, 1.165) is 52.3 Å². The predicted octanol–water partition coefficient (Wildman–Crippen LogP) is 6.78. The van der Waals surface area contributed by atoms with Gasteiger partial charge in [-0.05, 0) is 80.5 Å². The van der Waals surface area contributed by atoms with Gasteiger partial charge in [0.2, 0.25) is 0 Å². The van der Waals surface area contributed by atoms with Gasteiger partial charge in [0.05, 0.1) is 11.1 Å². The Morgan fingerprint density at radius 1 is 0.744 bits per heavy atom. The molecule has 0 amide bonds. The fraction of sp³-hybridized carbons (Fsp3) is 0.250.